The number of allylic oxidation sites excluding steroid dienone is 3. The van der Waals surface area contributed by atoms with Gasteiger partial charge < -0.3 is 10.2 Å². The summed E-state index contributed by atoms with van der Waals surface area (Å²) in [6, 6.07) is 0. The van der Waals surface area contributed by atoms with Crippen molar-refractivity contribution in [1.82, 2.24) is 0 Å². The Labute approximate surface area is 95.8 Å². The Morgan fingerprint density at radius 3 is 2.44 bits per heavy atom. The van der Waals surface area contributed by atoms with Crippen LogP contribution >= 0.6 is 0 Å². The summed E-state index contributed by atoms with van der Waals surface area (Å²) in [6.07, 6.45) is 9.99. The SMILES string of the molecule is C=C(O)CC12C=CC(CC1)C2.C=CC(=O)O. The Bertz CT molecular complexity index is 330. The molecule has 88 valence electrons. The number of aliphatic hydroxyl groups excluding tert-OH is 1. The summed E-state index contributed by atoms with van der Waals surface area (Å²) in [6.45, 7) is 6.51. The normalized spacial score (nSPS) is 29.4. The van der Waals surface area contributed by atoms with E-state index in [4.69, 9.17) is 10.2 Å². The van der Waals surface area contributed by atoms with Crippen LogP contribution in [0.2, 0.25) is 0 Å². The lowest BCUT2D eigenvalue weighted by Crippen LogP contribution is -2.11. The molecule has 0 aromatic heterocycles. The standard InChI is InChI=1S/C10H14O.C3H4O2/c1-8(11)6-10-4-2-9(7-10)3-5-10;1-2-3(4)5/h2,4,9,11H,1,3,5-7H2;2H,1H2,(H,4,5). The van der Waals surface area contributed by atoms with Crippen LogP contribution in [-0.2, 0) is 4.79 Å². The maximum Gasteiger partial charge on any atom is 0.327 e. The Hall–Kier alpha value is -1.51. The van der Waals surface area contributed by atoms with Gasteiger partial charge in [-0.05, 0) is 30.6 Å². The highest BCUT2D eigenvalue weighted by molar-refractivity contribution is 5.78. The van der Waals surface area contributed by atoms with Crippen LogP contribution in [0.25, 0.3) is 0 Å². The van der Waals surface area contributed by atoms with E-state index in [1.165, 1.54) is 19.3 Å². The van der Waals surface area contributed by atoms with Crippen molar-refractivity contribution in [3.8, 4) is 0 Å². The maximum atomic E-state index is 9.25. The molecular weight excluding hydrogens is 204 g/mol. The van der Waals surface area contributed by atoms with E-state index < -0.39 is 5.97 Å². The van der Waals surface area contributed by atoms with Gasteiger partial charge in [0, 0.05) is 12.5 Å². The van der Waals surface area contributed by atoms with Gasteiger partial charge in [0.2, 0.25) is 0 Å². The van der Waals surface area contributed by atoms with Crippen LogP contribution in [0, 0.1) is 11.3 Å². The number of rotatable bonds is 3. The number of aliphatic carboxylic acids is 1. The highest BCUT2D eigenvalue weighted by atomic mass is 16.4. The minimum atomic E-state index is -0.981. The molecule has 3 nitrogen and oxygen atoms in total. The number of hydrogen-bond donors (Lipinski definition) is 2. The maximum absolute atomic E-state index is 9.25. The summed E-state index contributed by atoms with van der Waals surface area (Å²) in [4.78, 5) is 9.25. The van der Waals surface area contributed by atoms with Crippen molar-refractivity contribution in [1.29, 1.82) is 0 Å². The van der Waals surface area contributed by atoms with E-state index in [2.05, 4.69) is 25.3 Å². The average Bonchev–Trinajstić information content (AvgIpc) is 2.76. The van der Waals surface area contributed by atoms with Crippen LogP contribution in [0.5, 0.6) is 0 Å². The van der Waals surface area contributed by atoms with E-state index in [-0.39, 0.29) is 0 Å². The molecule has 1 fully saturated rings. The molecule has 0 aromatic rings. The summed E-state index contributed by atoms with van der Waals surface area (Å²) >= 11 is 0. The first-order valence-electron chi connectivity index (χ1n) is 5.39. The molecule has 0 heterocycles. The van der Waals surface area contributed by atoms with Crippen LogP contribution in [0.4, 0.5) is 0 Å². The lowest BCUT2D eigenvalue weighted by molar-refractivity contribution is -0.131. The van der Waals surface area contributed by atoms with Crippen molar-refractivity contribution in [3.05, 3.63) is 37.1 Å². The predicted molar refractivity (Wildman–Crippen MR) is 63.1 cm³/mol. The summed E-state index contributed by atoms with van der Waals surface area (Å²) in [7, 11) is 0. The van der Waals surface area contributed by atoms with Gasteiger partial charge in [-0.15, -0.1) is 0 Å². The molecule has 2 atom stereocenters. The van der Waals surface area contributed by atoms with Crippen LogP contribution in [0.15, 0.2) is 37.1 Å². The molecule has 0 saturated heterocycles. The van der Waals surface area contributed by atoms with Crippen molar-refractivity contribution < 1.29 is 15.0 Å². The molecule has 0 aromatic carbocycles. The molecule has 2 aliphatic carbocycles. The van der Waals surface area contributed by atoms with Gasteiger partial charge in [0.25, 0.3) is 0 Å². The molecular formula is C13H18O3. The van der Waals surface area contributed by atoms with E-state index in [1.54, 1.807) is 0 Å². The van der Waals surface area contributed by atoms with Gasteiger partial charge >= 0.3 is 5.97 Å². The summed E-state index contributed by atoms with van der Waals surface area (Å²) in [5.41, 5.74) is 0.302. The molecule has 2 unspecified atom stereocenters. The Morgan fingerprint density at radius 2 is 2.19 bits per heavy atom. The second-order valence-corrected chi connectivity index (χ2v) is 4.51. The zero-order valence-corrected chi connectivity index (χ0v) is 9.35. The molecule has 2 rings (SSSR count). The number of fused-ring (bicyclic) bond motifs is 2. The smallest absolute Gasteiger partial charge is 0.327 e. The Kier molecular flexibility index (Phi) is 3.93. The first-order valence-corrected chi connectivity index (χ1v) is 5.39. The third-order valence-electron chi connectivity index (χ3n) is 3.13. The van der Waals surface area contributed by atoms with Crippen LogP contribution in [0.3, 0.4) is 0 Å². The summed E-state index contributed by atoms with van der Waals surface area (Å²) in [5.74, 6) is 0.163. The number of aliphatic hydroxyl groups is 1. The minimum Gasteiger partial charge on any atom is -0.513 e. The van der Waals surface area contributed by atoms with E-state index in [1.807, 2.05) is 0 Å². The zero-order valence-electron chi connectivity index (χ0n) is 9.35. The molecule has 3 heteroatoms. The second kappa shape index (κ2) is 5.01. The van der Waals surface area contributed by atoms with Crippen molar-refractivity contribution in [3.63, 3.8) is 0 Å². The molecule has 0 amide bonds. The van der Waals surface area contributed by atoms with E-state index in [0.29, 0.717) is 11.2 Å². The predicted octanol–water partition coefficient (Wildman–Crippen LogP) is 3.06. The highest BCUT2D eigenvalue weighted by Gasteiger charge is 2.40. The molecule has 1 saturated carbocycles. The summed E-state index contributed by atoms with van der Waals surface area (Å²) in [5, 5.41) is 16.7. The molecule has 16 heavy (non-hydrogen) atoms. The first kappa shape index (κ1) is 12.6. The third-order valence-corrected chi connectivity index (χ3v) is 3.13. The van der Waals surface area contributed by atoms with Gasteiger partial charge in [0.15, 0.2) is 0 Å². The van der Waals surface area contributed by atoms with Crippen molar-refractivity contribution >= 4 is 5.97 Å². The Balaban J connectivity index is 0.000000221. The van der Waals surface area contributed by atoms with Gasteiger partial charge in [-0.1, -0.05) is 25.3 Å². The molecule has 0 aliphatic heterocycles. The molecule has 2 N–H and O–H groups in total. The average molecular weight is 222 g/mol. The van der Waals surface area contributed by atoms with Gasteiger partial charge in [-0.2, -0.15) is 0 Å². The van der Waals surface area contributed by atoms with Gasteiger partial charge in [-0.3, -0.25) is 0 Å². The molecule has 0 radical (unpaired) electrons. The molecule has 2 aliphatic rings. The number of carboxylic acids is 1. The van der Waals surface area contributed by atoms with Crippen LogP contribution < -0.4 is 0 Å². The van der Waals surface area contributed by atoms with Crippen molar-refractivity contribution in [2.24, 2.45) is 11.3 Å². The zero-order chi connectivity index (χ0) is 12.2. The number of hydrogen-bond acceptors (Lipinski definition) is 2. The largest absolute Gasteiger partial charge is 0.513 e. The van der Waals surface area contributed by atoms with Gasteiger partial charge in [0.05, 0.1) is 5.76 Å². The van der Waals surface area contributed by atoms with Gasteiger partial charge in [-0.25, -0.2) is 4.79 Å². The van der Waals surface area contributed by atoms with E-state index in [0.717, 1.165) is 18.4 Å². The highest BCUT2D eigenvalue weighted by Crippen LogP contribution is 2.52. The quantitative estimate of drug-likeness (QED) is 0.438. The summed E-state index contributed by atoms with van der Waals surface area (Å²) < 4.78 is 0. The molecule has 0 spiro atoms. The third kappa shape index (κ3) is 3.26. The van der Waals surface area contributed by atoms with Crippen molar-refractivity contribution in [2.75, 3.05) is 0 Å². The molecule has 2 bridgehead atoms. The number of carboxylic acid groups (broad SMARTS) is 1. The second-order valence-electron chi connectivity index (χ2n) is 4.51. The van der Waals surface area contributed by atoms with E-state index in [9.17, 15) is 4.79 Å². The van der Waals surface area contributed by atoms with Gasteiger partial charge in [0.1, 0.15) is 0 Å². The van der Waals surface area contributed by atoms with E-state index >= 15 is 0 Å². The van der Waals surface area contributed by atoms with Crippen molar-refractivity contribution in [2.45, 2.75) is 25.7 Å². The Morgan fingerprint density at radius 1 is 1.56 bits per heavy atom. The fourth-order valence-corrected chi connectivity index (χ4v) is 2.48. The monoisotopic (exact) mass is 222 g/mol. The first-order chi connectivity index (χ1) is 7.47. The minimum absolute atomic E-state index is 0.302. The van der Waals surface area contributed by atoms with Crippen LogP contribution in [-0.4, -0.2) is 16.2 Å². The fourth-order valence-electron chi connectivity index (χ4n) is 2.48. The number of carbonyl (C=O) groups is 1. The fraction of sp³-hybridized carbons (Fsp3) is 0.462. The lowest BCUT2D eigenvalue weighted by Gasteiger charge is -2.22. The topological polar surface area (TPSA) is 57.5 Å². The van der Waals surface area contributed by atoms with Crippen LogP contribution in [0.1, 0.15) is 25.7 Å². The lowest BCUT2D eigenvalue weighted by atomic mass is 9.84.